The number of aryl methyl sites for hydroxylation is 1. The molecule has 2 rings (SSSR count). The highest BCUT2D eigenvalue weighted by Crippen LogP contribution is 2.29. The third-order valence-electron chi connectivity index (χ3n) is 2.03. The van der Waals surface area contributed by atoms with Gasteiger partial charge in [-0.1, -0.05) is 0 Å². The van der Waals surface area contributed by atoms with Crippen molar-refractivity contribution in [3.8, 4) is 10.6 Å². The molecule has 0 spiro atoms. The number of thiazole rings is 1. The number of ether oxygens (including phenoxy) is 1. The fourth-order valence-electron chi connectivity index (χ4n) is 1.29. The van der Waals surface area contributed by atoms with E-state index in [2.05, 4.69) is 4.98 Å². The van der Waals surface area contributed by atoms with Gasteiger partial charge in [0.25, 0.3) is 0 Å². The summed E-state index contributed by atoms with van der Waals surface area (Å²) in [5, 5.41) is 4.89. The molecule has 0 saturated heterocycles. The zero-order valence-corrected chi connectivity index (χ0v) is 10.7. The van der Waals surface area contributed by atoms with E-state index in [1.807, 2.05) is 23.8 Å². The lowest BCUT2D eigenvalue weighted by Crippen LogP contribution is -2.06. The van der Waals surface area contributed by atoms with E-state index in [1.54, 1.807) is 18.3 Å². The molecule has 2 aromatic heterocycles. The molecule has 16 heavy (non-hydrogen) atoms. The predicted octanol–water partition coefficient (Wildman–Crippen LogP) is 3.36. The van der Waals surface area contributed by atoms with Crippen LogP contribution in [-0.4, -0.2) is 17.6 Å². The van der Waals surface area contributed by atoms with E-state index in [0.29, 0.717) is 12.3 Å². The molecule has 5 heteroatoms. The van der Waals surface area contributed by atoms with E-state index in [4.69, 9.17) is 4.74 Å². The molecule has 3 nitrogen and oxygen atoms in total. The summed E-state index contributed by atoms with van der Waals surface area (Å²) in [5.41, 5.74) is 1.50. The van der Waals surface area contributed by atoms with Crippen LogP contribution in [0.5, 0.6) is 0 Å². The van der Waals surface area contributed by atoms with Crippen LogP contribution in [0.4, 0.5) is 0 Å². The van der Waals surface area contributed by atoms with E-state index < -0.39 is 0 Å². The van der Waals surface area contributed by atoms with Gasteiger partial charge in [0.05, 0.1) is 6.61 Å². The molecule has 2 heterocycles. The largest absolute Gasteiger partial charge is 0.461 e. The van der Waals surface area contributed by atoms with Gasteiger partial charge in [0.15, 0.2) is 5.69 Å². The fraction of sp³-hybridized carbons (Fsp3) is 0.273. The van der Waals surface area contributed by atoms with Gasteiger partial charge < -0.3 is 4.74 Å². The standard InChI is InChI=1S/C11H11NO2S2/c1-3-14-11(13)9-7(2)16-10(12-9)8-4-5-15-6-8/h4-6H,3H2,1-2H3. The van der Waals surface area contributed by atoms with E-state index in [1.165, 1.54) is 11.3 Å². The van der Waals surface area contributed by atoms with Crippen LogP contribution in [0.15, 0.2) is 16.8 Å². The lowest BCUT2D eigenvalue weighted by atomic mass is 10.3. The smallest absolute Gasteiger partial charge is 0.358 e. The highest BCUT2D eigenvalue weighted by Gasteiger charge is 2.17. The lowest BCUT2D eigenvalue weighted by Gasteiger charge is -1.97. The molecule has 0 amide bonds. The van der Waals surface area contributed by atoms with Crippen LogP contribution in [0.3, 0.4) is 0 Å². The maximum atomic E-state index is 11.6. The fourth-order valence-corrected chi connectivity index (χ4v) is 2.91. The van der Waals surface area contributed by atoms with E-state index in [-0.39, 0.29) is 5.97 Å². The minimum Gasteiger partial charge on any atom is -0.461 e. The summed E-state index contributed by atoms with van der Waals surface area (Å²) in [7, 11) is 0. The van der Waals surface area contributed by atoms with Crippen molar-refractivity contribution in [1.29, 1.82) is 0 Å². The monoisotopic (exact) mass is 253 g/mol. The first kappa shape index (κ1) is 11.3. The normalized spacial score (nSPS) is 10.4. The second-order valence-corrected chi connectivity index (χ2v) is 5.14. The number of esters is 1. The van der Waals surface area contributed by atoms with Gasteiger partial charge in [-0.2, -0.15) is 11.3 Å². The number of hydrogen-bond acceptors (Lipinski definition) is 5. The quantitative estimate of drug-likeness (QED) is 0.787. The third kappa shape index (κ3) is 2.15. The van der Waals surface area contributed by atoms with Crippen molar-refractivity contribution in [2.24, 2.45) is 0 Å². The van der Waals surface area contributed by atoms with Crippen LogP contribution in [-0.2, 0) is 4.74 Å². The summed E-state index contributed by atoms with van der Waals surface area (Å²) < 4.78 is 4.95. The first-order valence-corrected chi connectivity index (χ1v) is 6.65. The Kier molecular flexibility index (Phi) is 3.36. The van der Waals surface area contributed by atoms with Gasteiger partial charge in [0.2, 0.25) is 0 Å². The molecule has 2 aromatic rings. The third-order valence-corrected chi connectivity index (χ3v) is 3.74. The van der Waals surface area contributed by atoms with E-state index >= 15 is 0 Å². The number of aromatic nitrogens is 1. The van der Waals surface area contributed by atoms with Crippen LogP contribution in [0.2, 0.25) is 0 Å². The van der Waals surface area contributed by atoms with Crippen LogP contribution in [0.25, 0.3) is 10.6 Å². The van der Waals surface area contributed by atoms with Gasteiger partial charge in [-0.25, -0.2) is 9.78 Å². The van der Waals surface area contributed by atoms with Crippen LogP contribution >= 0.6 is 22.7 Å². The number of thiophene rings is 1. The van der Waals surface area contributed by atoms with Gasteiger partial charge in [0.1, 0.15) is 5.01 Å². The Morgan fingerprint density at radius 3 is 3.00 bits per heavy atom. The van der Waals surface area contributed by atoms with Gasteiger partial charge >= 0.3 is 5.97 Å². The molecule has 0 bridgehead atoms. The first-order chi connectivity index (χ1) is 7.72. The van der Waals surface area contributed by atoms with Crippen molar-refractivity contribution in [2.75, 3.05) is 6.61 Å². The zero-order chi connectivity index (χ0) is 11.5. The maximum Gasteiger partial charge on any atom is 0.358 e. The molecule has 0 saturated carbocycles. The summed E-state index contributed by atoms with van der Waals surface area (Å²) in [4.78, 5) is 16.8. The summed E-state index contributed by atoms with van der Waals surface area (Å²) in [6, 6.07) is 2.00. The highest BCUT2D eigenvalue weighted by molar-refractivity contribution is 7.15. The Bertz CT molecular complexity index is 488. The number of carbonyl (C=O) groups excluding carboxylic acids is 1. The molecule has 0 aromatic carbocycles. The van der Waals surface area contributed by atoms with Gasteiger partial charge in [-0.3, -0.25) is 0 Å². The average molecular weight is 253 g/mol. The van der Waals surface area contributed by atoms with Gasteiger partial charge in [0, 0.05) is 15.8 Å². The number of rotatable bonds is 3. The summed E-state index contributed by atoms with van der Waals surface area (Å²) in [5.74, 6) is -0.335. The summed E-state index contributed by atoms with van der Waals surface area (Å²) in [6.45, 7) is 4.06. The lowest BCUT2D eigenvalue weighted by molar-refractivity contribution is 0.0519. The van der Waals surface area contributed by atoms with Crippen molar-refractivity contribution in [3.63, 3.8) is 0 Å². The van der Waals surface area contributed by atoms with Crippen molar-refractivity contribution in [2.45, 2.75) is 13.8 Å². The molecule has 0 aliphatic rings. The molecule has 0 radical (unpaired) electrons. The molecule has 0 atom stereocenters. The average Bonchev–Trinajstić information content (AvgIpc) is 2.86. The van der Waals surface area contributed by atoms with E-state index in [9.17, 15) is 4.79 Å². The number of hydrogen-bond donors (Lipinski definition) is 0. The van der Waals surface area contributed by atoms with Crippen molar-refractivity contribution in [3.05, 3.63) is 27.4 Å². The topological polar surface area (TPSA) is 39.2 Å². The molecule has 84 valence electrons. The zero-order valence-electron chi connectivity index (χ0n) is 9.02. The molecular weight excluding hydrogens is 242 g/mol. The highest BCUT2D eigenvalue weighted by atomic mass is 32.1. The van der Waals surface area contributed by atoms with Crippen LogP contribution < -0.4 is 0 Å². The maximum absolute atomic E-state index is 11.6. The van der Waals surface area contributed by atoms with Crippen LogP contribution in [0.1, 0.15) is 22.3 Å². The minimum atomic E-state index is -0.335. The Morgan fingerprint density at radius 1 is 1.56 bits per heavy atom. The second-order valence-electron chi connectivity index (χ2n) is 3.16. The molecule has 0 aliphatic heterocycles. The summed E-state index contributed by atoms with van der Waals surface area (Å²) in [6.07, 6.45) is 0. The van der Waals surface area contributed by atoms with Crippen molar-refractivity contribution < 1.29 is 9.53 Å². The molecule has 0 fully saturated rings. The van der Waals surface area contributed by atoms with Crippen molar-refractivity contribution in [1.82, 2.24) is 4.98 Å². The number of carbonyl (C=O) groups is 1. The molecule has 0 unspecified atom stereocenters. The Labute approximate surface area is 102 Å². The SMILES string of the molecule is CCOC(=O)c1nc(-c2ccsc2)sc1C. The van der Waals surface area contributed by atoms with Gasteiger partial charge in [-0.05, 0) is 25.3 Å². The minimum absolute atomic E-state index is 0.335. The van der Waals surface area contributed by atoms with Gasteiger partial charge in [-0.15, -0.1) is 11.3 Å². The van der Waals surface area contributed by atoms with Crippen molar-refractivity contribution >= 4 is 28.6 Å². The molecular formula is C11H11NO2S2. The summed E-state index contributed by atoms with van der Waals surface area (Å²) >= 11 is 3.14. The molecule has 0 N–H and O–H groups in total. The molecule has 0 aliphatic carbocycles. The Hall–Kier alpha value is -1.20. The van der Waals surface area contributed by atoms with E-state index in [0.717, 1.165) is 15.4 Å². The Balaban J connectivity index is 2.32. The Morgan fingerprint density at radius 2 is 2.38 bits per heavy atom. The number of nitrogens with zero attached hydrogens (tertiary/aromatic N) is 1. The van der Waals surface area contributed by atoms with Crippen LogP contribution in [0, 0.1) is 6.92 Å². The first-order valence-electron chi connectivity index (χ1n) is 4.89. The predicted molar refractivity (Wildman–Crippen MR) is 66.1 cm³/mol. The second kappa shape index (κ2) is 4.76.